The van der Waals surface area contributed by atoms with E-state index >= 15 is 0 Å². The van der Waals surface area contributed by atoms with E-state index in [1.54, 1.807) is 0 Å². The zero-order valence-electron chi connectivity index (χ0n) is 10.1. The van der Waals surface area contributed by atoms with Crippen LogP contribution in [-0.4, -0.2) is 24.2 Å². The molecule has 0 bridgehead atoms. The Labute approximate surface area is 97.4 Å². The highest BCUT2D eigenvalue weighted by molar-refractivity contribution is 5.53. The van der Waals surface area contributed by atoms with Crippen LogP contribution in [0.1, 0.15) is 33.1 Å². The van der Waals surface area contributed by atoms with Crippen molar-refractivity contribution in [3.8, 4) is 5.75 Å². The van der Waals surface area contributed by atoms with Gasteiger partial charge in [-0.25, -0.2) is 4.98 Å². The minimum atomic E-state index is 0.582. The van der Waals surface area contributed by atoms with Gasteiger partial charge in [0.15, 0.2) is 11.6 Å². The summed E-state index contributed by atoms with van der Waals surface area (Å²) in [5.41, 5.74) is 0. The summed E-state index contributed by atoms with van der Waals surface area (Å²) in [6.07, 6.45) is 5.39. The molecule has 2 rings (SSSR count). The van der Waals surface area contributed by atoms with Crippen LogP contribution in [0.3, 0.4) is 0 Å². The van der Waals surface area contributed by atoms with Gasteiger partial charge in [0.1, 0.15) is 0 Å². The van der Waals surface area contributed by atoms with E-state index < -0.39 is 0 Å². The Balaban J connectivity index is 2.18. The maximum absolute atomic E-state index is 5.74. The topological polar surface area (TPSA) is 25.4 Å². The van der Waals surface area contributed by atoms with Gasteiger partial charge in [0.25, 0.3) is 0 Å². The SMILES string of the molecule is CCCOc1cccnc1N1CCCC1C. The highest BCUT2D eigenvalue weighted by Gasteiger charge is 2.24. The Morgan fingerprint density at radius 1 is 1.56 bits per heavy atom. The molecule has 0 radical (unpaired) electrons. The first-order chi connectivity index (χ1) is 7.83. The van der Waals surface area contributed by atoms with Gasteiger partial charge in [-0.2, -0.15) is 0 Å². The summed E-state index contributed by atoms with van der Waals surface area (Å²) in [6.45, 7) is 6.24. The molecule has 3 heteroatoms. The highest BCUT2D eigenvalue weighted by atomic mass is 16.5. The van der Waals surface area contributed by atoms with E-state index in [1.807, 2.05) is 18.3 Å². The second-order valence-corrected chi connectivity index (χ2v) is 4.36. The second-order valence-electron chi connectivity index (χ2n) is 4.36. The normalized spacial score (nSPS) is 20.1. The van der Waals surface area contributed by atoms with E-state index in [0.717, 1.165) is 31.1 Å². The monoisotopic (exact) mass is 220 g/mol. The van der Waals surface area contributed by atoms with Crippen molar-refractivity contribution in [1.82, 2.24) is 4.98 Å². The summed E-state index contributed by atoms with van der Waals surface area (Å²) in [7, 11) is 0. The number of ether oxygens (including phenoxy) is 1. The summed E-state index contributed by atoms with van der Waals surface area (Å²) in [4.78, 5) is 6.82. The Morgan fingerprint density at radius 3 is 3.12 bits per heavy atom. The second kappa shape index (κ2) is 5.19. The third kappa shape index (κ3) is 2.29. The highest BCUT2D eigenvalue weighted by Crippen LogP contribution is 2.31. The van der Waals surface area contributed by atoms with Crippen LogP contribution in [0, 0.1) is 0 Å². The van der Waals surface area contributed by atoms with Gasteiger partial charge in [-0.15, -0.1) is 0 Å². The van der Waals surface area contributed by atoms with Gasteiger partial charge in [-0.1, -0.05) is 6.92 Å². The number of hydrogen-bond acceptors (Lipinski definition) is 3. The van der Waals surface area contributed by atoms with Gasteiger partial charge in [-0.3, -0.25) is 0 Å². The van der Waals surface area contributed by atoms with E-state index in [0.29, 0.717) is 6.04 Å². The molecule has 0 saturated carbocycles. The Bertz CT molecular complexity index is 340. The van der Waals surface area contributed by atoms with E-state index in [9.17, 15) is 0 Å². The number of anilines is 1. The molecule has 0 N–H and O–H groups in total. The fraction of sp³-hybridized carbons (Fsp3) is 0.615. The summed E-state index contributed by atoms with van der Waals surface area (Å²) in [6, 6.07) is 4.54. The van der Waals surface area contributed by atoms with Gasteiger partial charge < -0.3 is 9.64 Å². The summed E-state index contributed by atoms with van der Waals surface area (Å²) < 4.78 is 5.74. The van der Waals surface area contributed by atoms with E-state index in [1.165, 1.54) is 12.8 Å². The van der Waals surface area contributed by atoms with E-state index in [2.05, 4.69) is 23.7 Å². The van der Waals surface area contributed by atoms with Crippen LogP contribution in [0.25, 0.3) is 0 Å². The minimum absolute atomic E-state index is 0.582. The standard InChI is InChI=1S/C13H20N2O/c1-3-10-16-12-7-4-8-14-13(12)15-9-5-6-11(15)2/h4,7-8,11H,3,5-6,9-10H2,1-2H3. The van der Waals surface area contributed by atoms with Crippen LogP contribution in [0.5, 0.6) is 5.75 Å². The molecule has 0 aliphatic carbocycles. The minimum Gasteiger partial charge on any atom is -0.490 e. The van der Waals surface area contributed by atoms with Crippen LogP contribution in [0.15, 0.2) is 18.3 Å². The van der Waals surface area contributed by atoms with Crippen molar-refractivity contribution < 1.29 is 4.74 Å². The van der Waals surface area contributed by atoms with Crippen molar-refractivity contribution in [2.24, 2.45) is 0 Å². The van der Waals surface area contributed by atoms with Crippen molar-refractivity contribution in [1.29, 1.82) is 0 Å². The lowest BCUT2D eigenvalue weighted by atomic mass is 10.2. The third-order valence-electron chi connectivity index (χ3n) is 3.04. The summed E-state index contributed by atoms with van der Waals surface area (Å²) in [5, 5.41) is 0. The maximum Gasteiger partial charge on any atom is 0.171 e. The fourth-order valence-electron chi connectivity index (χ4n) is 2.17. The zero-order chi connectivity index (χ0) is 11.4. The van der Waals surface area contributed by atoms with Crippen LogP contribution in [-0.2, 0) is 0 Å². The third-order valence-corrected chi connectivity index (χ3v) is 3.04. The molecule has 3 nitrogen and oxygen atoms in total. The average Bonchev–Trinajstić information content (AvgIpc) is 2.73. The molecule has 1 aliphatic heterocycles. The molecule has 1 aromatic rings. The average molecular weight is 220 g/mol. The first-order valence-electron chi connectivity index (χ1n) is 6.17. The Morgan fingerprint density at radius 2 is 2.44 bits per heavy atom. The van der Waals surface area contributed by atoms with E-state index in [4.69, 9.17) is 4.74 Å². The lowest BCUT2D eigenvalue weighted by molar-refractivity contribution is 0.316. The Kier molecular flexibility index (Phi) is 3.65. The molecular formula is C13H20N2O. The smallest absolute Gasteiger partial charge is 0.171 e. The van der Waals surface area contributed by atoms with Crippen molar-refractivity contribution in [2.75, 3.05) is 18.1 Å². The predicted molar refractivity (Wildman–Crippen MR) is 66.1 cm³/mol. The number of nitrogens with zero attached hydrogens (tertiary/aromatic N) is 2. The molecular weight excluding hydrogens is 200 g/mol. The van der Waals surface area contributed by atoms with Crippen LogP contribution in [0.4, 0.5) is 5.82 Å². The number of rotatable bonds is 4. The van der Waals surface area contributed by atoms with Gasteiger partial charge in [0, 0.05) is 18.8 Å². The fourth-order valence-corrected chi connectivity index (χ4v) is 2.17. The lowest BCUT2D eigenvalue weighted by Crippen LogP contribution is -2.27. The van der Waals surface area contributed by atoms with Gasteiger partial charge in [-0.05, 0) is 38.3 Å². The molecule has 1 fully saturated rings. The van der Waals surface area contributed by atoms with Gasteiger partial charge in [0.05, 0.1) is 6.61 Å². The molecule has 1 aliphatic rings. The molecule has 1 unspecified atom stereocenters. The molecule has 1 aromatic heterocycles. The van der Waals surface area contributed by atoms with Crippen molar-refractivity contribution in [3.63, 3.8) is 0 Å². The molecule has 2 heterocycles. The quantitative estimate of drug-likeness (QED) is 0.780. The number of hydrogen-bond donors (Lipinski definition) is 0. The summed E-state index contributed by atoms with van der Waals surface area (Å²) >= 11 is 0. The van der Waals surface area contributed by atoms with Crippen LogP contribution < -0.4 is 9.64 Å². The maximum atomic E-state index is 5.74. The molecule has 0 spiro atoms. The predicted octanol–water partition coefficient (Wildman–Crippen LogP) is 2.86. The van der Waals surface area contributed by atoms with Gasteiger partial charge >= 0.3 is 0 Å². The Hall–Kier alpha value is -1.25. The van der Waals surface area contributed by atoms with Crippen molar-refractivity contribution in [2.45, 2.75) is 39.2 Å². The lowest BCUT2D eigenvalue weighted by Gasteiger charge is -2.24. The summed E-state index contributed by atoms with van der Waals surface area (Å²) in [5.74, 6) is 1.94. The van der Waals surface area contributed by atoms with E-state index in [-0.39, 0.29) is 0 Å². The first-order valence-corrected chi connectivity index (χ1v) is 6.17. The molecule has 0 amide bonds. The number of pyridine rings is 1. The molecule has 16 heavy (non-hydrogen) atoms. The molecule has 1 saturated heterocycles. The molecule has 88 valence electrons. The molecule has 1 atom stereocenters. The van der Waals surface area contributed by atoms with Crippen molar-refractivity contribution in [3.05, 3.63) is 18.3 Å². The number of aromatic nitrogens is 1. The van der Waals surface area contributed by atoms with Gasteiger partial charge in [0.2, 0.25) is 0 Å². The van der Waals surface area contributed by atoms with Crippen molar-refractivity contribution >= 4 is 5.82 Å². The molecule has 0 aromatic carbocycles. The van der Waals surface area contributed by atoms with Crippen LogP contribution >= 0.6 is 0 Å². The largest absolute Gasteiger partial charge is 0.490 e. The van der Waals surface area contributed by atoms with Crippen LogP contribution in [0.2, 0.25) is 0 Å². The zero-order valence-corrected chi connectivity index (χ0v) is 10.1. The first kappa shape index (κ1) is 11.2.